The number of ether oxygens (including phenoxy) is 1. The Bertz CT molecular complexity index is 1460. The molecule has 42 heavy (non-hydrogen) atoms. The molecule has 0 aliphatic carbocycles. The van der Waals surface area contributed by atoms with Gasteiger partial charge in [0, 0.05) is 62.7 Å². The molecule has 0 amide bonds. The van der Waals surface area contributed by atoms with Crippen molar-refractivity contribution < 1.29 is 27.1 Å². The first-order valence-electron chi connectivity index (χ1n) is 13.2. The van der Waals surface area contributed by atoms with Gasteiger partial charge in [-0.05, 0) is 60.6 Å². The summed E-state index contributed by atoms with van der Waals surface area (Å²) in [6, 6.07) is 7.46. The summed E-state index contributed by atoms with van der Waals surface area (Å²) in [7, 11) is 1.73. The van der Waals surface area contributed by atoms with Crippen molar-refractivity contribution >= 4 is 29.6 Å². The predicted molar refractivity (Wildman–Crippen MR) is 157 cm³/mol. The van der Waals surface area contributed by atoms with E-state index in [9.17, 15) is 22.4 Å². The number of pyridine rings is 2. The summed E-state index contributed by atoms with van der Waals surface area (Å²) in [5.74, 6) is 6.87. The number of benzene rings is 1. The van der Waals surface area contributed by atoms with Crippen molar-refractivity contribution in [2.75, 3.05) is 62.9 Å². The Labute approximate surface area is 246 Å². The van der Waals surface area contributed by atoms with Crippen LogP contribution in [0.4, 0.5) is 28.9 Å². The number of anilines is 2. The number of aryl methyl sites for hydroxylation is 1. The number of carbonyl (C=O) groups is 1. The van der Waals surface area contributed by atoms with Crippen LogP contribution in [0, 0.1) is 30.5 Å². The van der Waals surface area contributed by atoms with Crippen LogP contribution in [0.5, 0.6) is 0 Å². The number of rotatable bonds is 5. The molecule has 0 atom stereocenters. The van der Waals surface area contributed by atoms with E-state index < -0.39 is 11.9 Å². The van der Waals surface area contributed by atoms with Gasteiger partial charge in [-0.3, -0.25) is 9.78 Å². The molecule has 12 heteroatoms. The summed E-state index contributed by atoms with van der Waals surface area (Å²) in [4.78, 5) is 20.2. The summed E-state index contributed by atoms with van der Waals surface area (Å²) in [5, 5.41) is 2.93. The van der Waals surface area contributed by atoms with E-state index in [2.05, 4.69) is 43.7 Å². The largest absolute Gasteiger partial charge is 0.433 e. The van der Waals surface area contributed by atoms with Gasteiger partial charge >= 0.3 is 6.18 Å². The van der Waals surface area contributed by atoms with Crippen molar-refractivity contribution in [2.45, 2.75) is 13.1 Å². The second-order valence-corrected chi connectivity index (χ2v) is 10.6. The molecule has 2 aliphatic rings. The summed E-state index contributed by atoms with van der Waals surface area (Å²) in [5.41, 5.74) is 4.05. The minimum Gasteiger partial charge on any atom is -0.386 e. The molecule has 7 nitrogen and oxygen atoms in total. The van der Waals surface area contributed by atoms with Gasteiger partial charge in [-0.25, -0.2) is 13.7 Å². The fourth-order valence-electron chi connectivity index (χ4n) is 4.44. The van der Waals surface area contributed by atoms with Crippen molar-refractivity contribution in [3.8, 4) is 23.0 Å². The number of hydrogen-bond acceptors (Lipinski definition) is 8. The molecule has 1 N–H and O–H groups in total. The average Bonchev–Trinajstić information content (AvgIpc) is 2.97. The fourth-order valence-corrected chi connectivity index (χ4v) is 5.10. The number of hydrogen-bond donors (Lipinski definition) is 1. The van der Waals surface area contributed by atoms with Crippen LogP contribution in [-0.2, 0) is 10.9 Å². The number of aldehydes is 1. The van der Waals surface area contributed by atoms with Crippen LogP contribution < -0.4 is 10.2 Å². The number of halogens is 4. The zero-order valence-electron chi connectivity index (χ0n) is 23.5. The van der Waals surface area contributed by atoms with Gasteiger partial charge in [-0.2, -0.15) is 13.2 Å². The van der Waals surface area contributed by atoms with Gasteiger partial charge in [0.15, 0.2) is 0 Å². The van der Waals surface area contributed by atoms with Crippen molar-refractivity contribution in [2.24, 2.45) is 5.92 Å². The maximum atomic E-state index is 14.1. The Kier molecular flexibility index (Phi) is 10.4. The molecule has 4 heterocycles. The van der Waals surface area contributed by atoms with Crippen molar-refractivity contribution in [3.05, 3.63) is 71.1 Å². The molecule has 5 rings (SSSR count). The number of alkyl halides is 3. The predicted octanol–water partition coefficient (Wildman–Crippen LogP) is 5.55. The van der Waals surface area contributed by atoms with Crippen LogP contribution in [0.15, 0.2) is 42.7 Å². The van der Waals surface area contributed by atoms with Gasteiger partial charge in [0.1, 0.15) is 23.5 Å². The molecular formula is C30H31F4N5O2S. The number of morpholine rings is 1. The first-order chi connectivity index (χ1) is 20.1. The molecule has 3 aromatic rings. The Morgan fingerprint density at radius 2 is 1.88 bits per heavy atom. The SMILES string of the molecule is CNc1cc(-c2cnc(C#CC3CN(SC)C3)c(N3CCOCC3)c2)c(C)cc1F.O=Cc1ccnc(C(F)(F)F)c1. The Morgan fingerprint density at radius 3 is 2.52 bits per heavy atom. The van der Waals surface area contributed by atoms with E-state index in [1.54, 1.807) is 25.1 Å². The zero-order chi connectivity index (χ0) is 30.3. The fraction of sp³-hybridized carbons (Fsp3) is 0.367. The summed E-state index contributed by atoms with van der Waals surface area (Å²) < 4.78 is 57.7. The third kappa shape index (κ3) is 7.79. The maximum Gasteiger partial charge on any atom is 0.433 e. The van der Waals surface area contributed by atoms with E-state index in [1.807, 2.05) is 19.2 Å². The van der Waals surface area contributed by atoms with Crippen LogP contribution in [-0.4, -0.2) is 73.3 Å². The lowest BCUT2D eigenvalue weighted by Gasteiger charge is -2.33. The zero-order valence-corrected chi connectivity index (χ0v) is 24.3. The van der Waals surface area contributed by atoms with Crippen LogP contribution in [0.3, 0.4) is 0 Å². The lowest BCUT2D eigenvalue weighted by molar-refractivity contribution is -0.141. The van der Waals surface area contributed by atoms with Crippen molar-refractivity contribution in [3.63, 3.8) is 0 Å². The molecular weight excluding hydrogens is 570 g/mol. The van der Waals surface area contributed by atoms with Gasteiger partial charge in [-0.15, -0.1) is 0 Å². The highest BCUT2D eigenvalue weighted by molar-refractivity contribution is 7.96. The second-order valence-electron chi connectivity index (χ2n) is 9.67. The van der Waals surface area contributed by atoms with Gasteiger partial charge in [0.2, 0.25) is 0 Å². The van der Waals surface area contributed by atoms with E-state index in [-0.39, 0.29) is 11.4 Å². The highest BCUT2D eigenvalue weighted by Gasteiger charge is 2.32. The van der Waals surface area contributed by atoms with Crippen LogP contribution >= 0.6 is 11.9 Å². The highest BCUT2D eigenvalue weighted by Crippen LogP contribution is 2.32. The monoisotopic (exact) mass is 601 g/mol. The molecule has 1 aromatic carbocycles. The molecule has 0 radical (unpaired) electrons. The first kappa shape index (κ1) is 31.3. The smallest absolute Gasteiger partial charge is 0.386 e. The molecule has 0 bridgehead atoms. The Balaban J connectivity index is 0.000000283. The van der Waals surface area contributed by atoms with E-state index in [4.69, 9.17) is 9.72 Å². The minimum atomic E-state index is -4.49. The summed E-state index contributed by atoms with van der Waals surface area (Å²) >= 11 is 1.76. The lowest BCUT2D eigenvalue weighted by Crippen LogP contribution is -2.40. The first-order valence-corrected chi connectivity index (χ1v) is 14.4. The van der Waals surface area contributed by atoms with E-state index >= 15 is 0 Å². The number of carbonyl (C=O) groups excluding carboxylic acids is 1. The molecule has 0 spiro atoms. The van der Waals surface area contributed by atoms with Gasteiger partial charge < -0.3 is 15.0 Å². The lowest BCUT2D eigenvalue weighted by atomic mass is 9.99. The quantitative estimate of drug-likeness (QED) is 0.177. The molecule has 2 aliphatic heterocycles. The molecule has 2 saturated heterocycles. The third-order valence-corrected chi connectivity index (χ3v) is 7.64. The average molecular weight is 602 g/mol. The minimum absolute atomic E-state index is 0.0303. The standard InChI is InChI=1S/C23H27FN4OS.C7H4F3NO/c1-16-10-20(24)22(25-2)12-19(16)18-11-23(27-6-8-29-9-7-27)21(26-13-18)5-4-17-14-28(15-17)30-3;8-7(9,10)6-3-5(4-12)1-2-11-6/h10-13,17,25H,6-9,14-15H2,1-3H3;1-4H. The number of aromatic nitrogens is 2. The number of nitrogens with one attached hydrogen (secondary N) is 1. The van der Waals surface area contributed by atoms with Gasteiger partial charge in [0.05, 0.1) is 24.6 Å². The van der Waals surface area contributed by atoms with Gasteiger partial charge in [-0.1, -0.05) is 17.9 Å². The molecule has 222 valence electrons. The van der Waals surface area contributed by atoms with E-state index in [1.165, 1.54) is 6.07 Å². The summed E-state index contributed by atoms with van der Waals surface area (Å²) in [6.45, 7) is 6.95. The topological polar surface area (TPSA) is 70.6 Å². The van der Waals surface area contributed by atoms with E-state index in [0.29, 0.717) is 37.2 Å². The highest BCUT2D eigenvalue weighted by atomic mass is 32.2. The van der Waals surface area contributed by atoms with Crippen molar-refractivity contribution in [1.82, 2.24) is 14.3 Å². The normalized spacial score (nSPS) is 15.5. The third-order valence-electron chi connectivity index (χ3n) is 6.83. The van der Waals surface area contributed by atoms with Gasteiger partial charge in [0.25, 0.3) is 0 Å². The number of nitrogens with zero attached hydrogens (tertiary/aromatic N) is 4. The molecule has 2 aromatic heterocycles. The van der Waals surface area contributed by atoms with Crippen LogP contribution in [0.25, 0.3) is 11.1 Å². The Morgan fingerprint density at radius 1 is 1.14 bits per heavy atom. The van der Waals surface area contributed by atoms with Crippen molar-refractivity contribution in [1.29, 1.82) is 0 Å². The van der Waals surface area contributed by atoms with Crippen LogP contribution in [0.1, 0.15) is 27.3 Å². The van der Waals surface area contributed by atoms with Crippen LogP contribution in [0.2, 0.25) is 0 Å². The molecule has 0 unspecified atom stereocenters. The molecule has 2 fully saturated rings. The Hall–Kier alpha value is -3.66. The van der Waals surface area contributed by atoms with E-state index in [0.717, 1.165) is 60.4 Å². The maximum absolute atomic E-state index is 14.1. The second kappa shape index (κ2) is 14.0. The molecule has 0 saturated carbocycles. The summed E-state index contributed by atoms with van der Waals surface area (Å²) in [6.07, 6.45) is 0.752.